The molecule has 0 aliphatic carbocycles. The smallest absolute Gasteiger partial charge is 0.182 e. The minimum absolute atomic E-state index is 0. The van der Waals surface area contributed by atoms with E-state index in [2.05, 4.69) is 172 Å². The molecule has 73 heavy (non-hydrogen) atoms. The second-order valence-electron chi connectivity index (χ2n) is 21.8. The molecule has 0 bridgehead atoms. The Morgan fingerprint density at radius 3 is 1.42 bits per heavy atom. The van der Waals surface area contributed by atoms with Gasteiger partial charge < -0.3 is 18.9 Å². The number of hydrogen-bond acceptors (Lipinski definition) is 7. The Hall–Kier alpha value is -6.99. The maximum absolute atomic E-state index is 12.8. The zero-order valence-corrected chi connectivity index (χ0v) is 46.7. The van der Waals surface area contributed by atoms with Gasteiger partial charge in [0.15, 0.2) is 5.43 Å². The van der Waals surface area contributed by atoms with Crippen LogP contribution in [-0.4, -0.2) is 15.0 Å². The van der Waals surface area contributed by atoms with Gasteiger partial charge >= 0.3 is 0 Å². The van der Waals surface area contributed by atoms with E-state index >= 15 is 0 Å². The molecule has 2 aliphatic heterocycles. The van der Waals surface area contributed by atoms with E-state index < -0.39 is 0 Å². The van der Waals surface area contributed by atoms with Crippen LogP contribution >= 0.6 is 0 Å². The monoisotopic (exact) mass is 1150 g/mol. The molecule has 0 amide bonds. The van der Waals surface area contributed by atoms with Crippen molar-refractivity contribution in [3.63, 3.8) is 0 Å². The fraction of sp³-hybridized carbons (Fsp3) is 0.262. The molecular formula is C65H66IrN3O4-. The Bertz CT molecular complexity index is 3390. The molecule has 375 valence electrons. The Kier molecular flexibility index (Phi) is 15.9. The molecular weight excluding hydrogens is 1080 g/mol. The van der Waals surface area contributed by atoms with E-state index in [0.717, 1.165) is 69.6 Å². The molecule has 8 heteroatoms. The van der Waals surface area contributed by atoms with Crippen LogP contribution < -0.4 is 14.9 Å². The van der Waals surface area contributed by atoms with Gasteiger partial charge in [-0.25, -0.2) is 0 Å². The van der Waals surface area contributed by atoms with E-state index in [-0.39, 0.29) is 41.8 Å². The number of nitrogens with zero attached hydrogens (tertiary/aromatic N) is 3. The maximum atomic E-state index is 12.8. The van der Waals surface area contributed by atoms with Crippen LogP contribution in [0.1, 0.15) is 107 Å². The summed E-state index contributed by atoms with van der Waals surface area (Å²) < 4.78 is 17.4. The fourth-order valence-electron chi connectivity index (χ4n) is 9.39. The number of para-hydroxylation sites is 1. The van der Waals surface area contributed by atoms with Gasteiger partial charge in [0.2, 0.25) is 0 Å². The quantitative estimate of drug-likeness (QED) is 0.125. The molecule has 0 fully saturated rings. The number of allylic oxidation sites excluding steroid dienone is 4. The summed E-state index contributed by atoms with van der Waals surface area (Å²) in [6.45, 7) is 33.8. The molecule has 2 aliphatic rings. The average molecular weight is 1150 g/mol. The van der Waals surface area contributed by atoms with Crippen molar-refractivity contribution >= 4 is 21.9 Å². The molecule has 1 radical (unpaired) electrons. The molecule has 4 aromatic heterocycles. The number of rotatable bonds is 5. The molecule has 0 spiro atoms. The van der Waals surface area contributed by atoms with E-state index in [1.807, 2.05) is 48.9 Å². The first-order valence-electron chi connectivity index (χ1n) is 24.7. The molecule has 7 nitrogen and oxygen atoms in total. The number of benzene rings is 4. The van der Waals surface area contributed by atoms with Crippen molar-refractivity contribution in [2.45, 2.75) is 112 Å². The van der Waals surface area contributed by atoms with Crippen LogP contribution in [0.4, 0.5) is 0 Å². The predicted octanol–water partition coefficient (Wildman–Crippen LogP) is 16.1. The van der Waals surface area contributed by atoms with Crippen molar-refractivity contribution in [1.29, 1.82) is 0 Å². The molecule has 0 unspecified atom stereocenters. The molecule has 0 atom stereocenters. The van der Waals surface area contributed by atoms with Crippen molar-refractivity contribution in [2.75, 3.05) is 0 Å². The number of aromatic nitrogens is 3. The zero-order chi connectivity index (χ0) is 51.7. The van der Waals surface area contributed by atoms with Crippen molar-refractivity contribution < 1.29 is 34.0 Å². The maximum Gasteiger partial charge on any atom is 0.182 e. The van der Waals surface area contributed by atoms with Gasteiger partial charge in [-0.15, -0.1) is 23.8 Å². The van der Waals surface area contributed by atoms with Crippen LogP contribution in [0, 0.1) is 26.8 Å². The molecule has 4 aromatic carbocycles. The molecule has 6 heterocycles. The normalized spacial score (nSPS) is 13.0. The first kappa shape index (κ1) is 53.8. The number of pyridine rings is 3. The van der Waals surface area contributed by atoms with Gasteiger partial charge in [-0.1, -0.05) is 99.2 Å². The number of aryl methyl sites for hydroxylation is 3. The largest absolute Gasteiger partial charge is 0.500 e. The first-order valence-corrected chi connectivity index (χ1v) is 24.7. The fourth-order valence-corrected chi connectivity index (χ4v) is 9.39. The first-order chi connectivity index (χ1) is 34.1. The third-order valence-corrected chi connectivity index (χ3v) is 13.2. The van der Waals surface area contributed by atoms with E-state index in [9.17, 15) is 4.79 Å². The van der Waals surface area contributed by atoms with E-state index in [0.29, 0.717) is 21.9 Å². The average Bonchev–Trinajstić information content (AvgIpc) is 3.35. The Morgan fingerprint density at radius 2 is 0.986 bits per heavy atom. The summed E-state index contributed by atoms with van der Waals surface area (Å²) in [5.41, 5.74) is 17.2. The van der Waals surface area contributed by atoms with Crippen molar-refractivity contribution in [3.05, 3.63) is 219 Å². The third-order valence-electron chi connectivity index (χ3n) is 13.2. The number of hydrogen-bond donors (Lipinski definition) is 0. The van der Waals surface area contributed by atoms with Gasteiger partial charge in [0.25, 0.3) is 0 Å². The van der Waals surface area contributed by atoms with Crippen LogP contribution in [0.25, 0.3) is 55.7 Å². The molecule has 0 saturated heterocycles. The summed E-state index contributed by atoms with van der Waals surface area (Å²) in [7, 11) is 0. The van der Waals surface area contributed by atoms with Gasteiger partial charge in [-0.2, -0.15) is 0 Å². The standard InChI is InChI=1S/C23H20NO2.2C21H23NO.Ir/c1-14-11-19(24-13-18(14)23(2,3)4)15-9-10-21-17(12-15)22(25)16-7-5-6-8-20(16)26-21;2*1-6-17-9-7-16-12-15(8-10-20(16)23-17)19-11-14(2)18(13-22-19)21(3,4)5;/h5-8,10-13H,1-4H3;2*6,8-13H,1,7H2,2-5H3;/q-1;;;. The summed E-state index contributed by atoms with van der Waals surface area (Å²) >= 11 is 0. The SMILES string of the molecule is C=CC1=CCc2cc(-c3cc(C)c(C(C)(C)C)cn3)ccc2O1.C=CC1=CCc2cc(-c3cc(C)c(C(C)(C)C)cn3)ccc2O1.Cc1cc(-c2[c-]cc3oc4ccccc4c(=O)c3c2)ncc1C(C)(C)C.[Ir]. The summed E-state index contributed by atoms with van der Waals surface area (Å²) in [6, 6.07) is 33.0. The number of ether oxygens (including phenoxy) is 2. The van der Waals surface area contributed by atoms with Crippen LogP contribution in [0.15, 0.2) is 168 Å². The summed E-state index contributed by atoms with van der Waals surface area (Å²) in [5.74, 6) is 3.48. The third kappa shape index (κ3) is 12.1. The van der Waals surface area contributed by atoms with Crippen LogP contribution in [0.5, 0.6) is 11.5 Å². The number of fused-ring (bicyclic) bond motifs is 4. The van der Waals surface area contributed by atoms with Gasteiger partial charge in [-0.05, 0) is 185 Å². The molecule has 8 aromatic rings. The molecule has 10 rings (SSSR count). The predicted molar refractivity (Wildman–Crippen MR) is 297 cm³/mol. The van der Waals surface area contributed by atoms with Crippen LogP contribution in [-0.2, 0) is 49.2 Å². The van der Waals surface area contributed by atoms with Crippen LogP contribution in [0.3, 0.4) is 0 Å². The van der Waals surface area contributed by atoms with Crippen molar-refractivity contribution in [1.82, 2.24) is 15.0 Å². The summed E-state index contributed by atoms with van der Waals surface area (Å²) in [5, 5.41) is 1.14. The van der Waals surface area contributed by atoms with E-state index in [4.69, 9.17) is 13.9 Å². The molecule has 0 saturated carbocycles. The minimum Gasteiger partial charge on any atom is -0.500 e. The van der Waals surface area contributed by atoms with Gasteiger partial charge in [0.1, 0.15) is 28.6 Å². The van der Waals surface area contributed by atoms with Crippen LogP contribution in [0.2, 0.25) is 0 Å². The minimum atomic E-state index is -0.0277. The summed E-state index contributed by atoms with van der Waals surface area (Å²) in [4.78, 5) is 26.8. The summed E-state index contributed by atoms with van der Waals surface area (Å²) in [6.07, 6.45) is 15.3. The van der Waals surface area contributed by atoms with Crippen molar-refractivity contribution in [3.8, 4) is 45.3 Å². The second-order valence-corrected chi connectivity index (χ2v) is 21.8. The van der Waals surface area contributed by atoms with Gasteiger partial charge in [0.05, 0.1) is 22.4 Å². The van der Waals surface area contributed by atoms with Crippen molar-refractivity contribution in [2.24, 2.45) is 0 Å². The topological polar surface area (TPSA) is 87.3 Å². The van der Waals surface area contributed by atoms with Gasteiger partial charge in [-0.3, -0.25) is 14.8 Å². The Labute approximate surface area is 445 Å². The zero-order valence-electron chi connectivity index (χ0n) is 44.3. The van der Waals surface area contributed by atoms with E-state index in [1.165, 1.54) is 44.5 Å². The molecule has 0 N–H and O–H groups in total. The van der Waals surface area contributed by atoms with E-state index in [1.54, 1.807) is 30.4 Å². The van der Waals surface area contributed by atoms with Gasteiger partial charge in [0, 0.05) is 49.8 Å². The Balaban J connectivity index is 0.000000160. The second kappa shape index (κ2) is 21.6. The Morgan fingerprint density at radius 1 is 0.548 bits per heavy atom.